The maximum Gasteiger partial charge on any atom is 0.224 e. The van der Waals surface area contributed by atoms with Crippen LogP contribution in [0.15, 0.2) is 54.6 Å². The van der Waals surface area contributed by atoms with Crippen LogP contribution in [-0.4, -0.2) is 33.2 Å². The highest BCUT2D eigenvalue weighted by Crippen LogP contribution is 2.13. The molecule has 4 heteroatoms. The largest absolute Gasteiger partial charge is 0.493 e. The molecule has 0 aliphatic carbocycles. The van der Waals surface area contributed by atoms with Gasteiger partial charge in [-0.05, 0) is 24.6 Å². The molecule has 4 nitrogen and oxygen atoms in total. The van der Waals surface area contributed by atoms with Crippen LogP contribution in [0, 0.1) is 6.92 Å². The van der Waals surface area contributed by atoms with Crippen molar-refractivity contribution in [2.24, 2.45) is 0 Å². The van der Waals surface area contributed by atoms with E-state index < -0.39 is 0 Å². The number of amides is 1. The van der Waals surface area contributed by atoms with Crippen molar-refractivity contribution in [3.8, 4) is 5.75 Å². The normalized spacial score (nSPS) is 12.0. The molecule has 0 aliphatic rings. The molecule has 2 rings (SSSR count). The van der Waals surface area contributed by atoms with E-state index in [1.54, 1.807) is 0 Å². The first-order valence-electron chi connectivity index (χ1n) is 8.37. The van der Waals surface area contributed by atoms with Gasteiger partial charge in [0.15, 0.2) is 0 Å². The van der Waals surface area contributed by atoms with Crippen molar-refractivity contribution in [2.45, 2.75) is 19.4 Å². The van der Waals surface area contributed by atoms with E-state index >= 15 is 0 Å². The van der Waals surface area contributed by atoms with Gasteiger partial charge >= 0.3 is 0 Å². The monoisotopic (exact) mass is 327 g/mol. The number of carbonyl (C=O) groups excluding carboxylic acids is 1. The second-order valence-electron chi connectivity index (χ2n) is 6.35. The lowest BCUT2D eigenvalue weighted by Gasteiger charge is -2.21. The maximum absolute atomic E-state index is 12.3. The number of ether oxygens (including phenoxy) is 1. The van der Waals surface area contributed by atoms with Gasteiger partial charge in [-0.2, -0.15) is 0 Å². The van der Waals surface area contributed by atoms with Crippen molar-refractivity contribution >= 4 is 5.91 Å². The Hall–Kier alpha value is -2.33. The summed E-state index contributed by atoms with van der Waals surface area (Å²) in [5.74, 6) is 0.808. The van der Waals surface area contributed by atoms with E-state index in [1.807, 2.05) is 49.4 Å². The zero-order valence-corrected chi connectivity index (χ0v) is 14.7. The summed E-state index contributed by atoms with van der Waals surface area (Å²) in [6, 6.07) is 18.0. The molecule has 1 atom stereocenters. The van der Waals surface area contributed by atoms with Crippen molar-refractivity contribution in [2.75, 3.05) is 27.2 Å². The third-order valence-corrected chi connectivity index (χ3v) is 3.77. The van der Waals surface area contributed by atoms with Gasteiger partial charge in [0.2, 0.25) is 5.91 Å². The van der Waals surface area contributed by atoms with Crippen molar-refractivity contribution in [1.82, 2.24) is 5.32 Å². The van der Waals surface area contributed by atoms with E-state index in [-0.39, 0.29) is 11.9 Å². The fourth-order valence-electron chi connectivity index (χ4n) is 2.51. The average molecular weight is 327 g/mol. The van der Waals surface area contributed by atoms with E-state index in [0.717, 1.165) is 17.9 Å². The zero-order chi connectivity index (χ0) is 17.4. The topological polar surface area (TPSA) is 42.8 Å². The lowest BCUT2D eigenvalue weighted by atomic mass is 10.1. The molecule has 0 aromatic heterocycles. The van der Waals surface area contributed by atoms with Crippen molar-refractivity contribution < 1.29 is 14.4 Å². The molecule has 0 radical (unpaired) electrons. The number of benzene rings is 2. The van der Waals surface area contributed by atoms with Gasteiger partial charge in [-0.15, -0.1) is 0 Å². The number of quaternary nitrogens is 1. The molecule has 24 heavy (non-hydrogen) atoms. The van der Waals surface area contributed by atoms with Gasteiger partial charge < -0.3 is 15.0 Å². The molecular weight excluding hydrogens is 300 g/mol. The highest BCUT2D eigenvalue weighted by atomic mass is 16.5. The smallest absolute Gasteiger partial charge is 0.224 e. The first-order valence-corrected chi connectivity index (χ1v) is 8.37. The summed E-state index contributed by atoms with van der Waals surface area (Å²) in [7, 11) is 4.17. The van der Waals surface area contributed by atoms with Crippen molar-refractivity contribution in [1.29, 1.82) is 0 Å². The van der Waals surface area contributed by atoms with Gasteiger partial charge in [0, 0.05) is 0 Å². The lowest BCUT2D eigenvalue weighted by molar-refractivity contribution is -0.860. The minimum Gasteiger partial charge on any atom is -0.493 e. The fourth-order valence-corrected chi connectivity index (χ4v) is 2.51. The van der Waals surface area contributed by atoms with Crippen LogP contribution in [0.4, 0.5) is 0 Å². The lowest BCUT2D eigenvalue weighted by Crippen LogP contribution is -3.06. The summed E-state index contributed by atoms with van der Waals surface area (Å²) >= 11 is 0. The van der Waals surface area contributed by atoms with Gasteiger partial charge in [-0.25, -0.2) is 0 Å². The minimum absolute atomic E-state index is 0.0113. The summed E-state index contributed by atoms with van der Waals surface area (Å²) in [6.45, 7) is 3.26. The van der Waals surface area contributed by atoms with Crippen LogP contribution >= 0.6 is 0 Å². The Morgan fingerprint density at radius 2 is 1.75 bits per heavy atom. The first kappa shape index (κ1) is 18.0. The molecule has 0 aliphatic heterocycles. The molecule has 1 amide bonds. The summed E-state index contributed by atoms with van der Waals surface area (Å²) in [6.07, 6.45) is 0.347. The Balaban J connectivity index is 1.85. The molecule has 0 saturated carbocycles. The number of hydrogen-bond acceptors (Lipinski definition) is 2. The Bertz CT molecular complexity index is 624. The number of rotatable bonds is 8. The molecule has 128 valence electrons. The molecule has 0 heterocycles. The summed E-state index contributed by atoms with van der Waals surface area (Å²) in [5, 5.41) is 3.12. The summed E-state index contributed by atoms with van der Waals surface area (Å²) in [4.78, 5) is 13.5. The van der Waals surface area contributed by atoms with E-state index in [2.05, 4.69) is 31.5 Å². The van der Waals surface area contributed by atoms with E-state index in [9.17, 15) is 4.79 Å². The molecule has 0 unspecified atom stereocenters. The maximum atomic E-state index is 12.3. The molecule has 0 saturated heterocycles. The number of likely N-dealkylation sites (N-methyl/N-ethyl adjacent to an activating group) is 1. The minimum atomic E-state index is 0.0113. The number of carbonyl (C=O) groups is 1. The highest BCUT2D eigenvalue weighted by Gasteiger charge is 2.17. The highest BCUT2D eigenvalue weighted by molar-refractivity contribution is 5.76. The van der Waals surface area contributed by atoms with E-state index in [1.165, 1.54) is 10.5 Å². The second kappa shape index (κ2) is 9.08. The Morgan fingerprint density at radius 3 is 2.38 bits per heavy atom. The average Bonchev–Trinajstić information content (AvgIpc) is 2.56. The SMILES string of the molecule is Cc1ccc(OCCC(=O)N[C@@H](C[NH+](C)C)c2ccccc2)cc1. The second-order valence-corrected chi connectivity index (χ2v) is 6.35. The molecule has 0 fully saturated rings. The molecular formula is C20H27N2O2+. The standard InChI is InChI=1S/C20H26N2O2/c1-16-9-11-18(12-10-16)24-14-13-20(23)21-19(15-22(2)3)17-7-5-4-6-8-17/h4-12,19H,13-15H2,1-3H3,(H,21,23)/p+1/t19-/m0/s1. The van der Waals surface area contributed by atoms with Gasteiger partial charge in [0.05, 0.1) is 27.1 Å². The third-order valence-electron chi connectivity index (χ3n) is 3.77. The van der Waals surface area contributed by atoms with Crippen LogP contribution < -0.4 is 15.0 Å². The summed E-state index contributed by atoms with van der Waals surface area (Å²) < 4.78 is 5.63. The van der Waals surface area contributed by atoms with Crippen molar-refractivity contribution in [3.63, 3.8) is 0 Å². The third kappa shape index (κ3) is 6.05. The number of nitrogens with one attached hydrogen (secondary N) is 2. The van der Waals surface area contributed by atoms with Gasteiger partial charge in [-0.1, -0.05) is 48.0 Å². The predicted octanol–water partition coefficient (Wildman–Crippen LogP) is 1.77. The molecule has 2 aromatic rings. The number of aryl methyl sites for hydroxylation is 1. The van der Waals surface area contributed by atoms with Crippen LogP contribution in [0.5, 0.6) is 5.75 Å². The first-order chi connectivity index (χ1) is 11.5. The number of hydrogen-bond donors (Lipinski definition) is 2. The van der Waals surface area contributed by atoms with E-state index in [4.69, 9.17) is 4.74 Å². The Labute approximate surface area is 144 Å². The van der Waals surface area contributed by atoms with Crippen LogP contribution in [-0.2, 0) is 4.79 Å². The molecule has 0 spiro atoms. The van der Waals surface area contributed by atoms with E-state index in [0.29, 0.717) is 13.0 Å². The molecule has 2 aromatic carbocycles. The quantitative estimate of drug-likeness (QED) is 0.776. The van der Waals surface area contributed by atoms with Crippen LogP contribution in [0.25, 0.3) is 0 Å². The van der Waals surface area contributed by atoms with Crippen molar-refractivity contribution in [3.05, 3.63) is 65.7 Å². The van der Waals surface area contributed by atoms with Crippen LogP contribution in [0.3, 0.4) is 0 Å². The van der Waals surface area contributed by atoms with Crippen LogP contribution in [0.2, 0.25) is 0 Å². The molecule has 0 bridgehead atoms. The fraction of sp³-hybridized carbons (Fsp3) is 0.350. The molecule has 2 N–H and O–H groups in total. The predicted molar refractivity (Wildman–Crippen MR) is 96.3 cm³/mol. The van der Waals surface area contributed by atoms with Gasteiger partial charge in [-0.3, -0.25) is 4.79 Å². The van der Waals surface area contributed by atoms with Gasteiger partial charge in [0.1, 0.15) is 18.3 Å². The summed E-state index contributed by atoms with van der Waals surface area (Å²) in [5.41, 5.74) is 2.32. The van der Waals surface area contributed by atoms with Crippen LogP contribution in [0.1, 0.15) is 23.6 Å². The van der Waals surface area contributed by atoms with Gasteiger partial charge in [0.25, 0.3) is 0 Å². The Kier molecular flexibility index (Phi) is 6.82. The zero-order valence-electron chi connectivity index (χ0n) is 14.7. The Morgan fingerprint density at radius 1 is 1.08 bits per heavy atom.